The summed E-state index contributed by atoms with van der Waals surface area (Å²) in [5.74, 6) is -0.255. The van der Waals surface area contributed by atoms with E-state index in [-0.39, 0.29) is 11.6 Å². The molecule has 0 aromatic rings. The van der Waals surface area contributed by atoms with Crippen molar-refractivity contribution in [2.24, 2.45) is 0 Å². The van der Waals surface area contributed by atoms with Gasteiger partial charge in [-0.05, 0) is 32.6 Å². The number of esters is 1. The summed E-state index contributed by atoms with van der Waals surface area (Å²) in [6.07, 6.45) is 4.94. The quantitative estimate of drug-likeness (QED) is 0.473. The van der Waals surface area contributed by atoms with Crippen LogP contribution in [0.15, 0.2) is 12.2 Å². The van der Waals surface area contributed by atoms with E-state index in [0.29, 0.717) is 5.57 Å². The van der Waals surface area contributed by atoms with Gasteiger partial charge in [-0.2, -0.15) is 0 Å². The molecule has 0 aliphatic rings. The molecule has 0 amide bonds. The van der Waals surface area contributed by atoms with Crippen LogP contribution in [0.2, 0.25) is 0 Å². The predicted octanol–water partition coefficient (Wildman–Crippen LogP) is 3.85. The van der Waals surface area contributed by atoms with Gasteiger partial charge in [-0.15, -0.1) is 0 Å². The molecule has 88 valence electrons. The topological polar surface area (TPSA) is 26.3 Å². The zero-order valence-electron chi connectivity index (χ0n) is 10.6. The summed E-state index contributed by atoms with van der Waals surface area (Å²) in [4.78, 5) is 11.5. The van der Waals surface area contributed by atoms with Gasteiger partial charge in [0.05, 0.1) is 0 Å². The first-order valence-electron chi connectivity index (χ1n) is 5.90. The van der Waals surface area contributed by atoms with Crippen molar-refractivity contribution in [2.45, 2.75) is 65.4 Å². The van der Waals surface area contributed by atoms with Crippen molar-refractivity contribution < 1.29 is 9.53 Å². The second kappa shape index (κ2) is 6.65. The van der Waals surface area contributed by atoms with Gasteiger partial charge in [0, 0.05) is 5.57 Å². The van der Waals surface area contributed by atoms with Gasteiger partial charge in [0.25, 0.3) is 0 Å². The number of hydrogen-bond acceptors (Lipinski definition) is 2. The first-order chi connectivity index (χ1) is 7.01. The van der Waals surface area contributed by atoms with Gasteiger partial charge in [0.2, 0.25) is 0 Å². The molecule has 0 rings (SSSR count). The zero-order chi connectivity index (χ0) is 11.9. The van der Waals surface area contributed by atoms with Crippen molar-refractivity contribution >= 4 is 5.97 Å². The molecular weight excluding hydrogens is 188 g/mol. The van der Waals surface area contributed by atoms with Crippen LogP contribution in [0.5, 0.6) is 0 Å². The van der Waals surface area contributed by atoms with E-state index in [9.17, 15) is 4.79 Å². The number of unbranched alkanes of at least 4 members (excludes halogenated alkanes) is 1. The van der Waals surface area contributed by atoms with Gasteiger partial charge in [0.15, 0.2) is 0 Å². The van der Waals surface area contributed by atoms with E-state index in [2.05, 4.69) is 27.4 Å². The minimum Gasteiger partial charge on any atom is -0.456 e. The molecule has 15 heavy (non-hydrogen) atoms. The normalized spacial score (nSPS) is 11.2. The molecule has 0 aliphatic carbocycles. The van der Waals surface area contributed by atoms with Gasteiger partial charge in [-0.25, -0.2) is 4.79 Å². The predicted molar refractivity (Wildman–Crippen MR) is 63.7 cm³/mol. The Kier molecular flexibility index (Phi) is 6.30. The molecule has 0 radical (unpaired) electrons. The van der Waals surface area contributed by atoms with Crippen molar-refractivity contribution in [3.63, 3.8) is 0 Å². The van der Waals surface area contributed by atoms with Crippen LogP contribution in [0.3, 0.4) is 0 Å². The van der Waals surface area contributed by atoms with Gasteiger partial charge in [-0.3, -0.25) is 0 Å². The van der Waals surface area contributed by atoms with E-state index in [0.717, 1.165) is 32.1 Å². The number of rotatable bonds is 7. The molecule has 0 atom stereocenters. The van der Waals surface area contributed by atoms with Crippen LogP contribution in [0, 0.1) is 0 Å². The summed E-state index contributed by atoms with van der Waals surface area (Å²) < 4.78 is 5.56. The lowest BCUT2D eigenvalue weighted by molar-refractivity contribution is -0.156. The van der Waals surface area contributed by atoms with E-state index < -0.39 is 0 Å². The smallest absolute Gasteiger partial charge is 0.333 e. The van der Waals surface area contributed by atoms with Crippen LogP contribution in [0.4, 0.5) is 0 Å². The molecule has 0 spiro atoms. The molecule has 2 heteroatoms. The highest BCUT2D eigenvalue weighted by atomic mass is 16.6. The summed E-state index contributed by atoms with van der Waals surface area (Å²) in [6, 6.07) is 0. The maximum atomic E-state index is 11.5. The van der Waals surface area contributed by atoms with Gasteiger partial charge in [-0.1, -0.05) is 33.8 Å². The molecule has 0 aromatic heterocycles. The van der Waals surface area contributed by atoms with Crippen molar-refractivity contribution in [1.82, 2.24) is 0 Å². The van der Waals surface area contributed by atoms with Crippen LogP contribution in [0.25, 0.3) is 0 Å². The molecule has 0 N–H and O–H groups in total. The molecule has 2 nitrogen and oxygen atoms in total. The maximum Gasteiger partial charge on any atom is 0.333 e. The van der Waals surface area contributed by atoms with Gasteiger partial charge in [0.1, 0.15) is 5.60 Å². The minimum atomic E-state index is -0.272. The van der Waals surface area contributed by atoms with E-state index in [1.807, 2.05) is 0 Å². The highest BCUT2D eigenvalue weighted by molar-refractivity contribution is 5.87. The van der Waals surface area contributed by atoms with E-state index >= 15 is 0 Å². The lowest BCUT2D eigenvalue weighted by Crippen LogP contribution is -2.34. The Balaban J connectivity index is 4.48. The molecule has 0 aliphatic heterocycles. The fourth-order valence-corrected chi connectivity index (χ4v) is 1.58. The lowest BCUT2D eigenvalue weighted by Gasteiger charge is -2.31. The largest absolute Gasteiger partial charge is 0.456 e. The Morgan fingerprint density at radius 2 is 1.80 bits per heavy atom. The zero-order valence-corrected chi connectivity index (χ0v) is 10.6. The second-order valence-corrected chi connectivity index (χ2v) is 4.16. The first kappa shape index (κ1) is 14.2. The summed E-state index contributed by atoms with van der Waals surface area (Å²) in [5.41, 5.74) is 0.212. The monoisotopic (exact) mass is 212 g/mol. The lowest BCUT2D eigenvalue weighted by atomic mass is 9.90. The Morgan fingerprint density at radius 3 is 2.13 bits per heavy atom. The van der Waals surface area contributed by atoms with Crippen LogP contribution in [-0.4, -0.2) is 11.6 Å². The molecule has 0 saturated heterocycles. The molecule has 0 aromatic carbocycles. The Morgan fingerprint density at radius 1 is 1.27 bits per heavy atom. The highest BCUT2D eigenvalue weighted by Crippen LogP contribution is 2.28. The third-order valence-electron chi connectivity index (χ3n) is 2.93. The van der Waals surface area contributed by atoms with Crippen molar-refractivity contribution in [3.8, 4) is 0 Å². The summed E-state index contributed by atoms with van der Waals surface area (Å²) in [5, 5.41) is 0. The Labute approximate surface area is 93.7 Å². The van der Waals surface area contributed by atoms with E-state index in [1.54, 1.807) is 6.92 Å². The summed E-state index contributed by atoms with van der Waals surface area (Å²) >= 11 is 0. The average Bonchev–Trinajstić information content (AvgIpc) is 2.24. The standard InChI is InChI=1S/C13H24O2/c1-6-9-10-13(7-2,8-3)15-12(14)11(4)5/h4,6-10H2,1-3,5H3. The maximum absolute atomic E-state index is 11.5. The van der Waals surface area contributed by atoms with Crippen LogP contribution < -0.4 is 0 Å². The summed E-state index contributed by atoms with van der Waals surface area (Å²) in [7, 11) is 0. The highest BCUT2D eigenvalue weighted by Gasteiger charge is 2.29. The Hall–Kier alpha value is -0.790. The fraction of sp³-hybridized carbons (Fsp3) is 0.769. The molecule has 0 bridgehead atoms. The fourth-order valence-electron chi connectivity index (χ4n) is 1.58. The van der Waals surface area contributed by atoms with Crippen LogP contribution in [0.1, 0.15) is 59.8 Å². The number of ether oxygens (including phenoxy) is 1. The number of carbonyl (C=O) groups is 1. The van der Waals surface area contributed by atoms with Crippen LogP contribution >= 0.6 is 0 Å². The molecule has 0 heterocycles. The average molecular weight is 212 g/mol. The number of carbonyl (C=O) groups excluding carboxylic acids is 1. The molecule has 0 fully saturated rings. The molecule has 0 saturated carbocycles. The van der Waals surface area contributed by atoms with E-state index in [1.165, 1.54) is 0 Å². The third kappa shape index (κ3) is 4.50. The van der Waals surface area contributed by atoms with Crippen molar-refractivity contribution in [1.29, 1.82) is 0 Å². The van der Waals surface area contributed by atoms with Gasteiger partial charge >= 0.3 is 5.97 Å². The summed E-state index contributed by atoms with van der Waals surface area (Å²) in [6.45, 7) is 11.6. The van der Waals surface area contributed by atoms with Crippen LogP contribution in [-0.2, 0) is 9.53 Å². The van der Waals surface area contributed by atoms with Gasteiger partial charge < -0.3 is 4.74 Å². The SMILES string of the molecule is C=C(C)C(=O)OC(CC)(CC)CCCC. The molecular formula is C13H24O2. The first-order valence-corrected chi connectivity index (χ1v) is 5.90. The second-order valence-electron chi connectivity index (χ2n) is 4.16. The third-order valence-corrected chi connectivity index (χ3v) is 2.93. The Bertz CT molecular complexity index is 215. The van der Waals surface area contributed by atoms with E-state index in [4.69, 9.17) is 4.74 Å². The van der Waals surface area contributed by atoms with Crippen molar-refractivity contribution in [3.05, 3.63) is 12.2 Å². The number of hydrogen-bond donors (Lipinski definition) is 0. The van der Waals surface area contributed by atoms with Crippen molar-refractivity contribution in [2.75, 3.05) is 0 Å². The minimum absolute atomic E-state index is 0.255. The molecule has 0 unspecified atom stereocenters.